The Morgan fingerprint density at radius 1 is 1.40 bits per heavy atom. The van der Waals surface area contributed by atoms with Crippen molar-refractivity contribution in [3.05, 3.63) is 57.5 Å². The molecule has 5 nitrogen and oxygen atoms in total. The number of hydrogen-bond donors (Lipinski definition) is 0. The lowest BCUT2D eigenvalue weighted by atomic mass is 10.1. The van der Waals surface area contributed by atoms with Crippen LogP contribution in [0.5, 0.6) is 0 Å². The fourth-order valence-electron chi connectivity index (χ4n) is 2.90. The van der Waals surface area contributed by atoms with Crippen LogP contribution in [0.15, 0.2) is 44.7 Å². The summed E-state index contributed by atoms with van der Waals surface area (Å²) in [6.45, 7) is 0.180. The fourth-order valence-corrected chi connectivity index (χ4v) is 3.88. The third-order valence-corrected chi connectivity index (χ3v) is 5.51. The Morgan fingerprint density at radius 3 is 3.04 bits per heavy atom. The number of likely N-dealkylation sites (tertiary alicyclic amines) is 1. The average Bonchev–Trinajstić information content (AvgIpc) is 3.31. The summed E-state index contributed by atoms with van der Waals surface area (Å²) in [5, 5.41) is 5.94. The van der Waals surface area contributed by atoms with Crippen molar-refractivity contribution in [2.24, 2.45) is 0 Å². The minimum Gasteiger partial charge on any atom is -0.337 e. The van der Waals surface area contributed by atoms with Crippen LogP contribution in [0.4, 0.5) is 4.39 Å². The molecule has 25 heavy (non-hydrogen) atoms. The highest BCUT2D eigenvalue weighted by atomic mass is 79.9. The summed E-state index contributed by atoms with van der Waals surface area (Å²) in [4.78, 5) is 19.2. The lowest BCUT2D eigenvalue weighted by Crippen LogP contribution is -2.27. The molecule has 1 fully saturated rings. The number of halogens is 2. The maximum absolute atomic E-state index is 14.1. The van der Waals surface area contributed by atoms with E-state index in [0.717, 1.165) is 4.88 Å². The van der Waals surface area contributed by atoms with E-state index in [2.05, 4.69) is 26.1 Å². The molecule has 8 heteroatoms. The standard InChI is InChI=1S/C17H13BrFN3O2S/c18-11-4-3-10(12(19)8-11)9-22-13(5-6-15(22)23)17-20-16(21-24-17)14-2-1-7-25-14/h1-4,7-8,13H,5-6,9H2. The monoisotopic (exact) mass is 421 g/mol. The highest BCUT2D eigenvalue weighted by Crippen LogP contribution is 2.35. The number of aromatic nitrogens is 2. The predicted octanol–water partition coefficient (Wildman–Crippen LogP) is 4.56. The summed E-state index contributed by atoms with van der Waals surface area (Å²) in [7, 11) is 0. The molecule has 2 aromatic heterocycles. The van der Waals surface area contributed by atoms with Crippen molar-refractivity contribution >= 4 is 33.2 Å². The molecule has 1 unspecified atom stereocenters. The SMILES string of the molecule is O=C1CCC(c2nc(-c3cccs3)no2)N1Cc1ccc(Br)cc1F. The summed E-state index contributed by atoms with van der Waals surface area (Å²) in [6.07, 6.45) is 0.975. The van der Waals surface area contributed by atoms with Gasteiger partial charge in [-0.3, -0.25) is 4.79 Å². The largest absolute Gasteiger partial charge is 0.337 e. The van der Waals surface area contributed by atoms with Crippen molar-refractivity contribution in [2.45, 2.75) is 25.4 Å². The van der Waals surface area contributed by atoms with Crippen LogP contribution in [0.2, 0.25) is 0 Å². The zero-order chi connectivity index (χ0) is 17.4. The van der Waals surface area contributed by atoms with E-state index in [0.29, 0.717) is 34.6 Å². The number of benzene rings is 1. The Kier molecular flexibility index (Phi) is 4.39. The first kappa shape index (κ1) is 16.4. The first-order chi connectivity index (χ1) is 12.1. The Hall–Kier alpha value is -2.06. The maximum atomic E-state index is 14.1. The van der Waals surface area contributed by atoms with Gasteiger partial charge in [-0.1, -0.05) is 33.2 Å². The van der Waals surface area contributed by atoms with Gasteiger partial charge in [0.1, 0.15) is 11.9 Å². The molecule has 1 amide bonds. The lowest BCUT2D eigenvalue weighted by Gasteiger charge is -2.22. The van der Waals surface area contributed by atoms with Crippen LogP contribution >= 0.6 is 27.3 Å². The van der Waals surface area contributed by atoms with Crippen molar-refractivity contribution < 1.29 is 13.7 Å². The molecule has 4 rings (SSSR count). The molecular formula is C17H13BrFN3O2S. The highest BCUT2D eigenvalue weighted by molar-refractivity contribution is 9.10. The number of nitrogens with zero attached hydrogens (tertiary/aromatic N) is 3. The molecule has 0 aliphatic carbocycles. The average molecular weight is 422 g/mol. The first-order valence-electron chi connectivity index (χ1n) is 7.72. The summed E-state index contributed by atoms with van der Waals surface area (Å²) in [6, 6.07) is 8.33. The van der Waals surface area contributed by atoms with Crippen molar-refractivity contribution in [2.75, 3.05) is 0 Å². The molecule has 0 N–H and O–H groups in total. The van der Waals surface area contributed by atoms with Crippen molar-refractivity contribution in [1.82, 2.24) is 15.0 Å². The maximum Gasteiger partial charge on any atom is 0.249 e. The summed E-state index contributed by atoms with van der Waals surface area (Å²) in [5.41, 5.74) is 0.460. The van der Waals surface area contributed by atoms with Crippen LogP contribution in [0.25, 0.3) is 10.7 Å². The number of thiophene rings is 1. The molecule has 0 saturated carbocycles. The van der Waals surface area contributed by atoms with Gasteiger partial charge in [0.05, 0.1) is 4.88 Å². The number of hydrogen-bond acceptors (Lipinski definition) is 5. The van der Waals surface area contributed by atoms with Gasteiger partial charge in [0.15, 0.2) is 0 Å². The van der Waals surface area contributed by atoms with E-state index in [4.69, 9.17) is 4.52 Å². The van der Waals surface area contributed by atoms with Crippen molar-refractivity contribution in [3.8, 4) is 10.7 Å². The Morgan fingerprint density at radius 2 is 2.28 bits per heavy atom. The van der Waals surface area contributed by atoms with Gasteiger partial charge >= 0.3 is 0 Å². The third kappa shape index (κ3) is 3.23. The molecule has 0 spiro atoms. The van der Waals surface area contributed by atoms with E-state index >= 15 is 0 Å². The minimum atomic E-state index is -0.349. The van der Waals surface area contributed by atoms with Crippen LogP contribution in [0, 0.1) is 5.82 Å². The van der Waals surface area contributed by atoms with Crippen molar-refractivity contribution in [3.63, 3.8) is 0 Å². The van der Waals surface area contributed by atoms with Crippen molar-refractivity contribution in [1.29, 1.82) is 0 Å². The van der Waals surface area contributed by atoms with Crippen LogP contribution in [-0.4, -0.2) is 20.9 Å². The van der Waals surface area contributed by atoms with Crippen LogP contribution in [0.1, 0.15) is 30.3 Å². The van der Waals surface area contributed by atoms with Gasteiger partial charge in [0.25, 0.3) is 0 Å². The van der Waals surface area contributed by atoms with Gasteiger partial charge in [-0.2, -0.15) is 4.98 Å². The minimum absolute atomic E-state index is 0.0387. The van der Waals surface area contributed by atoms with E-state index in [1.807, 2.05) is 17.5 Å². The zero-order valence-corrected chi connectivity index (χ0v) is 15.4. The number of carbonyl (C=O) groups is 1. The van der Waals surface area contributed by atoms with Crippen LogP contribution in [-0.2, 0) is 11.3 Å². The van der Waals surface area contributed by atoms with Gasteiger partial charge in [-0.15, -0.1) is 11.3 Å². The smallest absolute Gasteiger partial charge is 0.249 e. The van der Waals surface area contributed by atoms with Crippen LogP contribution in [0.3, 0.4) is 0 Å². The van der Waals surface area contributed by atoms with E-state index in [9.17, 15) is 9.18 Å². The molecule has 0 radical (unpaired) electrons. The van der Waals surface area contributed by atoms with Gasteiger partial charge in [-0.05, 0) is 30.0 Å². The second-order valence-electron chi connectivity index (χ2n) is 5.75. The molecule has 3 heterocycles. The van der Waals surface area contributed by atoms with Gasteiger partial charge in [0, 0.05) is 23.0 Å². The molecule has 128 valence electrons. The highest BCUT2D eigenvalue weighted by Gasteiger charge is 2.36. The Labute approximate surface area is 155 Å². The predicted molar refractivity (Wildman–Crippen MR) is 94.2 cm³/mol. The Balaban J connectivity index is 1.59. The van der Waals surface area contributed by atoms with Crippen LogP contribution < -0.4 is 0 Å². The van der Waals surface area contributed by atoms with E-state index in [1.54, 1.807) is 17.0 Å². The van der Waals surface area contributed by atoms with E-state index < -0.39 is 0 Å². The van der Waals surface area contributed by atoms with Gasteiger partial charge < -0.3 is 9.42 Å². The fraction of sp³-hybridized carbons (Fsp3) is 0.235. The second kappa shape index (κ2) is 6.68. The molecule has 1 saturated heterocycles. The number of rotatable bonds is 4. The lowest BCUT2D eigenvalue weighted by molar-refractivity contribution is -0.130. The second-order valence-corrected chi connectivity index (χ2v) is 7.61. The zero-order valence-electron chi connectivity index (χ0n) is 13.0. The molecule has 3 aromatic rings. The van der Waals surface area contributed by atoms with Gasteiger partial charge in [-0.25, -0.2) is 4.39 Å². The normalized spacial score (nSPS) is 17.4. The van der Waals surface area contributed by atoms with Gasteiger partial charge in [0.2, 0.25) is 17.6 Å². The molecule has 0 bridgehead atoms. The summed E-state index contributed by atoms with van der Waals surface area (Å²) < 4.78 is 20.2. The summed E-state index contributed by atoms with van der Waals surface area (Å²) >= 11 is 4.76. The first-order valence-corrected chi connectivity index (χ1v) is 9.40. The molecule has 1 aromatic carbocycles. The van der Waals surface area contributed by atoms with E-state index in [1.165, 1.54) is 17.4 Å². The third-order valence-electron chi connectivity index (χ3n) is 4.15. The molecule has 1 aliphatic rings. The molecule has 1 aliphatic heterocycles. The quantitative estimate of drug-likeness (QED) is 0.619. The Bertz CT molecular complexity index is 913. The summed E-state index contributed by atoms with van der Waals surface area (Å²) in [5.74, 6) is 0.520. The number of carbonyl (C=O) groups excluding carboxylic acids is 1. The van der Waals surface area contributed by atoms with E-state index in [-0.39, 0.29) is 24.3 Å². The topological polar surface area (TPSA) is 59.2 Å². The number of amides is 1. The molecule has 1 atom stereocenters. The molecular weight excluding hydrogens is 409 g/mol.